The summed E-state index contributed by atoms with van der Waals surface area (Å²) in [4.78, 5) is 4.73. The van der Waals surface area contributed by atoms with Gasteiger partial charge in [0.2, 0.25) is 0 Å². The van der Waals surface area contributed by atoms with Gasteiger partial charge in [-0.25, -0.2) is 0 Å². The normalized spacial score (nSPS) is 17.9. The molecule has 2 heteroatoms. The lowest BCUT2D eigenvalue weighted by molar-refractivity contribution is 0.0967. The largest absolute Gasteiger partial charge is 0.255 e. The Labute approximate surface area is 165 Å². The fraction of sp³-hybridized carbons (Fsp3) is 0.320. The van der Waals surface area contributed by atoms with Gasteiger partial charge in [-0.05, 0) is 53.0 Å². The van der Waals surface area contributed by atoms with Crippen molar-refractivity contribution >= 4 is 31.5 Å². The second-order valence-electron chi connectivity index (χ2n) is 9.24. The van der Waals surface area contributed by atoms with Gasteiger partial charge in [0.15, 0.2) is 0 Å². The standard InChI is InChI=1S/C25H25NS/c1-24(2)14-17-12-20-19-10-11-26-22(16-8-6-5-7-9-16)23(19)27-21(20)13-18(17)15-25(24,3)4/h5-13H,14-15H2,1-4H3. The average molecular weight is 372 g/mol. The fourth-order valence-electron chi connectivity index (χ4n) is 4.40. The SMILES string of the molecule is CC1(C)Cc2cc3sc4c(-c5ccccc5)nccc4c3cc2CC1(C)C. The second kappa shape index (κ2) is 5.65. The van der Waals surface area contributed by atoms with Crippen LogP contribution in [-0.2, 0) is 12.8 Å². The highest BCUT2D eigenvalue weighted by molar-refractivity contribution is 7.26. The molecule has 5 rings (SSSR count). The predicted octanol–water partition coefficient (Wildman–Crippen LogP) is 7.27. The molecule has 0 atom stereocenters. The van der Waals surface area contributed by atoms with E-state index in [9.17, 15) is 0 Å². The molecule has 0 amide bonds. The average Bonchev–Trinajstić information content (AvgIpc) is 2.98. The number of fused-ring (bicyclic) bond motifs is 4. The van der Waals surface area contributed by atoms with Crippen LogP contribution in [-0.4, -0.2) is 4.98 Å². The molecule has 0 radical (unpaired) electrons. The monoisotopic (exact) mass is 371 g/mol. The number of benzene rings is 2. The first-order valence-corrected chi connectivity index (χ1v) is 10.6. The van der Waals surface area contributed by atoms with Crippen LogP contribution in [0.15, 0.2) is 54.7 Å². The molecule has 1 aliphatic rings. The molecule has 2 aromatic carbocycles. The molecule has 0 N–H and O–H groups in total. The Bertz CT molecular complexity index is 1170. The lowest BCUT2D eigenvalue weighted by Gasteiger charge is -2.46. The minimum absolute atomic E-state index is 0.316. The Kier molecular flexibility index (Phi) is 3.55. The van der Waals surface area contributed by atoms with Crippen LogP contribution in [0.1, 0.15) is 38.8 Å². The molecular weight excluding hydrogens is 346 g/mol. The van der Waals surface area contributed by atoms with E-state index < -0.39 is 0 Å². The quantitative estimate of drug-likeness (QED) is 0.343. The first-order valence-electron chi connectivity index (χ1n) is 9.74. The number of rotatable bonds is 1. The molecule has 0 saturated heterocycles. The zero-order valence-corrected chi connectivity index (χ0v) is 17.3. The fourth-order valence-corrected chi connectivity index (χ4v) is 5.65. The van der Waals surface area contributed by atoms with Crippen molar-refractivity contribution in [1.29, 1.82) is 0 Å². The number of nitrogens with zero attached hydrogens (tertiary/aromatic N) is 1. The molecule has 1 nitrogen and oxygen atoms in total. The number of hydrogen-bond donors (Lipinski definition) is 0. The zero-order chi connectivity index (χ0) is 18.8. The molecule has 4 aromatic rings. The molecule has 27 heavy (non-hydrogen) atoms. The highest BCUT2D eigenvalue weighted by Crippen LogP contribution is 2.50. The van der Waals surface area contributed by atoms with Gasteiger partial charge in [-0.2, -0.15) is 0 Å². The van der Waals surface area contributed by atoms with Crippen molar-refractivity contribution in [2.75, 3.05) is 0 Å². The summed E-state index contributed by atoms with van der Waals surface area (Å²) in [6.07, 6.45) is 4.27. The van der Waals surface area contributed by atoms with Gasteiger partial charge in [0.1, 0.15) is 0 Å². The third kappa shape index (κ3) is 2.54. The van der Waals surface area contributed by atoms with E-state index in [0.29, 0.717) is 10.8 Å². The first-order chi connectivity index (χ1) is 12.9. The summed E-state index contributed by atoms with van der Waals surface area (Å²) < 4.78 is 2.70. The molecule has 0 bridgehead atoms. The summed E-state index contributed by atoms with van der Waals surface area (Å²) in [6.45, 7) is 9.68. The van der Waals surface area contributed by atoms with Crippen molar-refractivity contribution in [2.45, 2.75) is 40.5 Å². The van der Waals surface area contributed by atoms with E-state index in [0.717, 1.165) is 18.5 Å². The van der Waals surface area contributed by atoms with E-state index in [1.165, 1.54) is 36.9 Å². The highest BCUT2D eigenvalue weighted by Gasteiger charge is 2.41. The topological polar surface area (TPSA) is 12.9 Å². The van der Waals surface area contributed by atoms with Crippen LogP contribution in [0.25, 0.3) is 31.4 Å². The third-order valence-electron chi connectivity index (χ3n) is 6.85. The molecule has 0 spiro atoms. The van der Waals surface area contributed by atoms with Crippen LogP contribution in [0, 0.1) is 10.8 Å². The van der Waals surface area contributed by atoms with Crippen LogP contribution < -0.4 is 0 Å². The predicted molar refractivity (Wildman–Crippen MR) is 118 cm³/mol. The van der Waals surface area contributed by atoms with E-state index in [4.69, 9.17) is 4.98 Å². The minimum Gasteiger partial charge on any atom is -0.255 e. The summed E-state index contributed by atoms with van der Waals surface area (Å²) in [5.41, 5.74) is 6.00. The van der Waals surface area contributed by atoms with E-state index >= 15 is 0 Å². The summed E-state index contributed by atoms with van der Waals surface area (Å²) in [7, 11) is 0. The Morgan fingerprint density at radius 1 is 0.815 bits per heavy atom. The van der Waals surface area contributed by atoms with Crippen LogP contribution in [0.5, 0.6) is 0 Å². The summed E-state index contributed by atoms with van der Waals surface area (Å²) >= 11 is 1.89. The van der Waals surface area contributed by atoms with Gasteiger partial charge in [-0.1, -0.05) is 58.0 Å². The van der Waals surface area contributed by atoms with Crippen LogP contribution >= 0.6 is 11.3 Å². The van der Waals surface area contributed by atoms with E-state index in [1.54, 1.807) is 0 Å². The Hall–Kier alpha value is -2.19. The minimum atomic E-state index is 0.316. The smallest absolute Gasteiger partial charge is 0.0880 e. The molecule has 1 aliphatic carbocycles. The maximum atomic E-state index is 4.73. The van der Waals surface area contributed by atoms with Gasteiger partial charge in [0.05, 0.1) is 10.4 Å². The van der Waals surface area contributed by atoms with E-state index in [1.807, 2.05) is 17.5 Å². The van der Waals surface area contributed by atoms with Crippen molar-refractivity contribution in [3.63, 3.8) is 0 Å². The molecule has 136 valence electrons. The number of aromatic nitrogens is 1. The summed E-state index contributed by atoms with van der Waals surface area (Å²) in [5, 5.41) is 2.73. The van der Waals surface area contributed by atoms with E-state index in [-0.39, 0.29) is 0 Å². The first kappa shape index (κ1) is 16.9. The molecular formula is C25H25NS. The highest BCUT2D eigenvalue weighted by atomic mass is 32.1. The number of thiophene rings is 1. The molecule has 0 saturated carbocycles. The van der Waals surface area contributed by atoms with Gasteiger partial charge in [-0.3, -0.25) is 4.98 Å². The van der Waals surface area contributed by atoms with Gasteiger partial charge in [0.25, 0.3) is 0 Å². The van der Waals surface area contributed by atoms with E-state index in [2.05, 4.69) is 76.2 Å². The van der Waals surface area contributed by atoms with Crippen molar-refractivity contribution in [3.8, 4) is 11.3 Å². The maximum Gasteiger partial charge on any atom is 0.0880 e. The van der Waals surface area contributed by atoms with Crippen molar-refractivity contribution in [2.24, 2.45) is 10.8 Å². The summed E-state index contributed by atoms with van der Waals surface area (Å²) in [6, 6.07) is 17.7. The van der Waals surface area contributed by atoms with Crippen molar-refractivity contribution in [1.82, 2.24) is 4.98 Å². The third-order valence-corrected chi connectivity index (χ3v) is 8.03. The van der Waals surface area contributed by atoms with Crippen LogP contribution in [0.4, 0.5) is 0 Å². The zero-order valence-electron chi connectivity index (χ0n) is 16.5. The molecule has 0 fully saturated rings. The molecule has 2 heterocycles. The van der Waals surface area contributed by atoms with Crippen molar-refractivity contribution in [3.05, 3.63) is 65.9 Å². The lowest BCUT2D eigenvalue weighted by atomic mass is 9.58. The number of hydrogen-bond acceptors (Lipinski definition) is 2. The molecule has 0 aliphatic heterocycles. The Morgan fingerprint density at radius 2 is 1.48 bits per heavy atom. The Morgan fingerprint density at radius 3 is 2.19 bits per heavy atom. The Balaban J connectivity index is 1.76. The number of pyridine rings is 1. The maximum absolute atomic E-state index is 4.73. The van der Waals surface area contributed by atoms with Gasteiger partial charge < -0.3 is 0 Å². The molecule has 2 aromatic heterocycles. The van der Waals surface area contributed by atoms with Gasteiger partial charge >= 0.3 is 0 Å². The molecule has 0 unspecified atom stereocenters. The van der Waals surface area contributed by atoms with Crippen molar-refractivity contribution < 1.29 is 0 Å². The lowest BCUT2D eigenvalue weighted by Crippen LogP contribution is -2.40. The van der Waals surface area contributed by atoms with Crippen LogP contribution in [0.2, 0.25) is 0 Å². The summed E-state index contributed by atoms with van der Waals surface area (Å²) in [5.74, 6) is 0. The van der Waals surface area contributed by atoms with Gasteiger partial charge in [0, 0.05) is 27.2 Å². The van der Waals surface area contributed by atoms with Gasteiger partial charge in [-0.15, -0.1) is 11.3 Å². The van der Waals surface area contributed by atoms with Crippen LogP contribution in [0.3, 0.4) is 0 Å². The second-order valence-corrected chi connectivity index (χ2v) is 10.3.